The van der Waals surface area contributed by atoms with Gasteiger partial charge in [0.15, 0.2) is 0 Å². The fourth-order valence-electron chi connectivity index (χ4n) is 3.16. The number of likely N-dealkylation sites (N-methyl/N-ethyl adjacent to an activating group) is 1. The van der Waals surface area contributed by atoms with Crippen LogP contribution in [0.5, 0.6) is 5.75 Å². The molecule has 0 aliphatic heterocycles. The summed E-state index contributed by atoms with van der Waals surface area (Å²) in [6.45, 7) is 0.392. The number of carbonyl (C=O) groups is 1. The Bertz CT molecular complexity index is 1070. The molecule has 30 heavy (non-hydrogen) atoms. The van der Waals surface area contributed by atoms with Gasteiger partial charge >= 0.3 is 6.18 Å². The zero-order valence-electron chi connectivity index (χ0n) is 16.4. The van der Waals surface area contributed by atoms with Crippen molar-refractivity contribution in [1.82, 2.24) is 4.90 Å². The topological polar surface area (TPSA) is 41.6 Å². The predicted octanol–water partition coefficient (Wildman–Crippen LogP) is 5.59. The van der Waals surface area contributed by atoms with Crippen LogP contribution in [-0.4, -0.2) is 31.5 Å². The van der Waals surface area contributed by atoms with Crippen molar-refractivity contribution in [3.05, 3.63) is 70.7 Å². The molecule has 4 nitrogen and oxygen atoms in total. The van der Waals surface area contributed by atoms with Crippen molar-refractivity contribution in [2.24, 2.45) is 0 Å². The Morgan fingerprint density at radius 2 is 1.77 bits per heavy atom. The van der Waals surface area contributed by atoms with E-state index in [0.29, 0.717) is 6.54 Å². The maximum absolute atomic E-state index is 13.2. The Hall–Kier alpha value is -2.77. The number of alkyl halides is 3. The standard InChI is InChI=1S/C22H20ClF3N2O2/c1-28(12-14-3-4-16-10-18(30-2)7-5-15(16)9-14)13-21(29)27-20-8-6-17(23)11-19(20)22(24,25)26/h3-11H,12-13H2,1-2H3,(H,27,29). The molecule has 8 heteroatoms. The summed E-state index contributed by atoms with van der Waals surface area (Å²) in [6, 6.07) is 14.9. The summed E-state index contributed by atoms with van der Waals surface area (Å²) in [4.78, 5) is 14.0. The van der Waals surface area contributed by atoms with Gasteiger partial charge in [-0.3, -0.25) is 9.69 Å². The van der Waals surface area contributed by atoms with Crippen LogP contribution in [0.3, 0.4) is 0 Å². The molecule has 0 unspecified atom stereocenters. The van der Waals surface area contributed by atoms with Crippen molar-refractivity contribution in [3.63, 3.8) is 0 Å². The molecule has 0 fully saturated rings. The second kappa shape index (κ2) is 8.93. The summed E-state index contributed by atoms with van der Waals surface area (Å²) >= 11 is 5.66. The summed E-state index contributed by atoms with van der Waals surface area (Å²) < 4.78 is 44.7. The van der Waals surface area contributed by atoms with Crippen molar-refractivity contribution >= 4 is 34.0 Å². The fourth-order valence-corrected chi connectivity index (χ4v) is 3.33. The third-order valence-electron chi connectivity index (χ3n) is 4.54. The lowest BCUT2D eigenvalue weighted by molar-refractivity contribution is -0.137. The second-order valence-corrected chi connectivity index (χ2v) is 7.39. The third-order valence-corrected chi connectivity index (χ3v) is 4.77. The molecule has 0 heterocycles. The normalized spacial score (nSPS) is 11.7. The number of amides is 1. The van der Waals surface area contributed by atoms with Gasteiger partial charge in [0.2, 0.25) is 5.91 Å². The van der Waals surface area contributed by atoms with E-state index in [9.17, 15) is 18.0 Å². The number of halogens is 4. The van der Waals surface area contributed by atoms with E-state index in [1.165, 1.54) is 6.07 Å². The lowest BCUT2D eigenvalue weighted by Gasteiger charge is -2.18. The molecule has 0 spiro atoms. The van der Waals surface area contributed by atoms with Crippen LogP contribution in [0.4, 0.5) is 18.9 Å². The highest BCUT2D eigenvalue weighted by Crippen LogP contribution is 2.36. The van der Waals surface area contributed by atoms with Crippen LogP contribution in [0.25, 0.3) is 10.8 Å². The summed E-state index contributed by atoms with van der Waals surface area (Å²) in [5, 5.41) is 4.34. The minimum Gasteiger partial charge on any atom is -0.497 e. The number of nitrogens with zero attached hydrogens (tertiary/aromatic N) is 1. The molecule has 0 aliphatic carbocycles. The van der Waals surface area contributed by atoms with E-state index in [2.05, 4.69) is 5.32 Å². The van der Waals surface area contributed by atoms with Crippen molar-refractivity contribution in [3.8, 4) is 5.75 Å². The first kappa shape index (κ1) is 21.9. The number of fused-ring (bicyclic) bond motifs is 1. The summed E-state index contributed by atoms with van der Waals surface area (Å²) in [5.41, 5.74) is -0.314. The van der Waals surface area contributed by atoms with Crippen LogP contribution in [0, 0.1) is 0 Å². The zero-order chi connectivity index (χ0) is 21.9. The quantitative estimate of drug-likeness (QED) is 0.547. The van der Waals surface area contributed by atoms with Gasteiger partial charge in [-0.2, -0.15) is 13.2 Å². The molecule has 158 valence electrons. The van der Waals surface area contributed by atoms with Gasteiger partial charge in [-0.15, -0.1) is 0 Å². The van der Waals surface area contributed by atoms with Crippen LogP contribution in [-0.2, 0) is 17.5 Å². The van der Waals surface area contributed by atoms with E-state index in [1.807, 2.05) is 36.4 Å². The van der Waals surface area contributed by atoms with Crippen molar-refractivity contribution in [2.45, 2.75) is 12.7 Å². The molecule has 3 aromatic carbocycles. The van der Waals surface area contributed by atoms with E-state index in [-0.39, 0.29) is 17.3 Å². The Balaban J connectivity index is 1.66. The van der Waals surface area contributed by atoms with Crippen LogP contribution in [0.2, 0.25) is 5.02 Å². The van der Waals surface area contributed by atoms with E-state index < -0.39 is 17.6 Å². The number of rotatable bonds is 6. The van der Waals surface area contributed by atoms with Crippen molar-refractivity contribution < 1.29 is 22.7 Å². The summed E-state index contributed by atoms with van der Waals surface area (Å²) in [6.07, 6.45) is -4.62. The molecule has 1 N–H and O–H groups in total. The van der Waals surface area contributed by atoms with Gasteiger partial charge in [0.25, 0.3) is 0 Å². The SMILES string of the molecule is COc1ccc2cc(CN(C)CC(=O)Nc3ccc(Cl)cc3C(F)(F)F)ccc2c1. The molecule has 0 saturated carbocycles. The van der Waals surface area contributed by atoms with Crippen molar-refractivity contribution in [2.75, 3.05) is 26.0 Å². The average molecular weight is 437 g/mol. The fraction of sp³-hybridized carbons (Fsp3) is 0.227. The molecule has 0 atom stereocenters. The van der Waals surface area contributed by atoms with Gasteiger partial charge < -0.3 is 10.1 Å². The Morgan fingerprint density at radius 3 is 2.47 bits per heavy atom. The first-order chi connectivity index (χ1) is 14.2. The lowest BCUT2D eigenvalue weighted by atomic mass is 10.1. The highest BCUT2D eigenvalue weighted by molar-refractivity contribution is 6.30. The maximum Gasteiger partial charge on any atom is 0.418 e. The zero-order valence-corrected chi connectivity index (χ0v) is 17.1. The highest BCUT2D eigenvalue weighted by atomic mass is 35.5. The van der Waals surface area contributed by atoms with Crippen LogP contribution in [0.15, 0.2) is 54.6 Å². The van der Waals surface area contributed by atoms with E-state index in [0.717, 1.165) is 34.2 Å². The number of benzene rings is 3. The van der Waals surface area contributed by atoms with Crippen LogP contribution >= 0.6 is 11.6 Å². The number of hydrogen-bond acceptors (Lipinski definition) is 3. The minimum absolute atomic E-state index is 0.0497. The largest absolute Gasteiger partial charge is 0.497 e. The summed E-state index contributed by atoms with van der Waals surface area (Å²) in [7, 11) is 3.33. The van der Waals surface area contributed by atoms with E-state index in [1.54, 1.807) is 19.1 Å². The Labute approximate surface area is 177 Å². The number of carbonyl (C=O) groups excluding carboxylic acids is 1. The van der Waals surface area contributed by atoms with Gasteiger partial charge in [-0.1, -0.05) is 29.8 Å². The lowest BCUT2D eigenvalue weighted by Crippen LogP contribution is -2.30. The molecule has 0 bridgehead atoms. The molecule has 0 aromatic heterocycles. The Kier molecular flexibility index (Phi) is 6.53. The number of hydrogen-bond donors (Lipinski definition) is 1. The van der Waals surface area contributed by atoms with Gasteiger partial charge in [-0.25, -0.2) is 0 Å². The first-order valence-electron chi connectivity index (χ1n) is 9.07. The minimum atomic E-state index is -4.62. The third kappa shape index (κ3) is 5.43. The number of nitrogens with one attached hydrogen (secondary N) is 1. The molecule has 3 rings (SSSR count). The van der Waals surface area contributed by atoms with Crippen LogP contribution in [0.1, 0.15) is 11.1 Å². The molecular formula is C22H20ClF3N2O2. The van der Waals surface area contributed by atoms with Gasteiger partial charge in [0, 0.05) is 11.6 Å². The number of anilines is 1. The molecule has 1 amide bonds. The Morgan fingerprint density at radius 1 is 1.07 bits per heavy atom. The summed E-state index contributed by atoms with van der Waals surface area (Å²) in [5.74, 6) is 0.223. The number of ether oxygens (including phenoxy) is 1. The van der Waals surface area contributed by atoms with Gasteiger partial charge in [0.05, 0.1) is 24.9 Å². The number of methoxy groups -OCH3 is 1. The van der Waals surface area contributed by atoms with Gasteiger partial charge in [-0.05, 0) is 59.8 Å². The van der Waals surface area contributed by atoms with E-state index in [4.69, 9.17) is 16.3 Å². The first-order valence-corrected chi connectivity index (χ1v) is 9.45. The van der Waals surface area contributed by atoms with Crippen molar-refractivity contribution in [1.29, 1.82) is 0 Å². The molecular weight excluding hydrogens is 417 g/mol. The monoisotopic (exact) mass is 436 g/mol. The van der Waals surface area contributed by atoms with E-state index >= 15 is 0 Å². The second-order valence-electron chi connectivity index (χ2n) is 6.96. The highest BCUT2D eigenvalue weighted by Gasteiger charge is 2.34. The maximum atomic E-state index is 13.2. The molecule has 3 aromatic rings. The predicted molar refractivity (Wildman–Crippen MR) is 112 cm³/mol. The average Bonchev–Trinajstić information content (AvgIpc) is 2.68. The van der Waals surface area contributed by atoms with Crippen LogP contribution < -0.4 is 10.1 Å². The smallest absolute Gasteiger partial charge is 0.418 e. The molecule has 0 saturated heterocycles. The van der Waals surface area contributed by atoms with Gasteiger partial charge in [0.1, 0.15) is 5.75 Å². The molecule has 0 radical (unpaired) electrons. The molecule has 0 aliphatic rings.